The second-order valence-corrected chi connectivity index (χ2v) is 12.3. The molecule has 39 heavy (non-hydrogen) atoms. The lowest BCUT2D eigenvalue weighted by Crippen LogP contribution is -2.41. The lowest BCUT2D eigenvalue weighted by molar-refractivity contribution is -0.134. The molecule has 0 aliphatic carbocycles. The Balaban J connectivity index is 1.96. The molecular weight excluding hydrogens is 579 g/mol. The molecule has 1 aliphatic heterocycles. The van der Waals surface area contributed by atoms with Crippen LogP contribution in [0.5, 0.6) is 0 Å². The summed E-state index contributed by atoms with van der Waals surface area (Å²) in [6.45, 7) is 0. The van der Waals surface area contributed by atoms with Gasteiger partial charge < -0.3 is 10.5 Å². The van der Waals surface area contributed by atoms with E-state index in [1.165, 1.54) is 19.2 Å². The molecule has 0 fully saturated rings. The number of fused-ring (bicyclic) bond motifs is 1. The summed E-state index contributed by atoms with van der Waals surface area (Å²) >= 11 is 13.9. The van der Waals surface area contributed by atoms with Crippen molar-refractivity contribution in [1.29, 1.82) is 0 Å². The van der Waals surface area contributed by atoms with Crippen molar-refractivity contribution in [2.24, 2.45) is 5.73 Å². The molecule has 1 aromatic heterocycles. The lowest BCUT2D eigenvalue weighted by Gasteiger charge is -2.28. The predicted molar refractivity (Wildman–Crippen MR) is 153 cm³/mol. The van der Waals surface area contributed by atoms with Gasteiger partial charge in [0.05, 0.1) is 28.0 Å². The minimum Gasteiger partial charge on any atom is -0.466 e. The Morgan fingerprint density at radius 2 is 1.59 bits per heavy atom. The van der Waals surface area contributed by atoms with Crippen LogP contribution < -0.4 is 20.5 Å². The summed E-state index contributed by atoms with van der Waals surface area (Å²) < 4.78 is 34.7. The number of hydrogen-bond donors (Lipinski definition) is 1. The molecule has 0 amide bonds. The van der Waals surface area contributed by atoms with Crippen molar-refractivity contribution in [3.05, 3.63) is 124 Å². The Kier molecular flexibility index (Phi) is 7.26. The number of aromatic nitrogens is 1. The van der Waals surface area contributed by atoms with Crippen LogP contribution in [0, 0.1) is 0 Å². The van der Waals surface area contributed by atoms with Gasteiger partial charge in [0.2, 0.25) is 9.84 Å². The van der Waals surface area contributed by atoms with Gasteiger partial charge in [0, 0.05) is 10.0 Å². The lowest BCUT2D eigenvalue weighted by atomic mass is 9.89. The molecule has 1 aliphatic rings. The van der Waals surface area contributed by atoms with Crippen molar-refractivity contribution in [2.45, 2.75) is 10.8 Å². The maximum atomic E-state index is 14.1. The second kappa shape index (κ2) is 10.5. The largest absolute Gasteiger partial charge is 0.466 e. The first-order valence-corrected chi connectivity index (χ1v) is 14.6. The molecule has 0 saturated carbocycles. The maximum Gasteiger partial charge on any atom is 0.337 e. The van der Waals surface area contributed by atoms with E-state index in [4.69, 9.17) is 33.7 Å². The van der Waals surface area contributed by atoms with Gasteiger partial charge in [-0.1, -0.05) is 77.8 Å². The summed E-state index contributed by atoms with van der Waals surface area (Å²) in [5.74, 6) is -2.40. The molecule has 0 spiro atoms. The van der Waals surface area contributed by atoms with Gasteiger partial charge in [-0.3, -0.25) is 9.36 Å². The number of halogens is 2. The van der Waals surface area contributed by atoms with Crippen LogP contribution in [-0.4, -0.2) is 26.1 Å². The fourth-order valence-corrected chi connectivity index (χ4v) is 7.75. The third-order valence-electron chi connectivity index (χ3n) is 6.25. The molecule has 7 nitrogen and oxygen atoms in total. The van der Waals surface area contributed by atoms with E-state index < -0.39 is 27.3 Å². The highest BCUT2D eigenvalue weighted by Gasteiger charge is 2.43. The molecule has 11 heteroatoms. The Bertz CT molecular complexity index is 1950. The van der Waals surface area contributed by atoms with Gasteiger partial charge in [-0.2, -0.15) is 0 Å². The smallest absolute Gasteiger partial charge is 0.337 e. The number of hydrogen-bond acceptors (Lipinski definition) is 7. The molecule has 0 unspecified atom stereocenters. The molecule has 1 atom stereocenters. The fraction of sp³-hybridized carbons (Fsp3) is 0.0714. The van der Waals surface area contributed by atoms with E-state index in [2.05, 4.69) is 0 Å². The van der Waals surface area contributed by atoms with Crippen molar-refractivity contribution < 1.29 is 17.9 Å². The number of methoxy groups -OCH3 is 1. The topological polar surface area (TPSA) is 108 Å². The Morgan fingerprint density at radius 1 is 0.974 bits per heavy atom. The Hall–Kier alpha value is -3.63. The van der Waals surface area contributed by atoms with Crippen molar-refractivity contribution in [3.8, 4) is 0 Å². The van der Waals surface area contributed by atoms with E-state index in [0.29, 0.717) is 16.1 Å². The van der Waals surface area contributed by atoms with Crippen molar-refractivity contribution in [2.75, 3.05) is 7.11 Å². The zero-order chi connectivity index (χ0) is 27.9. The van der Waals surface area contributed by atoms with Crippen LogP contribution in [0.3, 0.4) is 0 Å². The van der Waals surface area contributed by atoms with Crippen LogP contribution in [0.15, 0.2) is 93.5 Å². The maximum absolute atomic E-state index is 14.1. The molecule has 5 rings (SSSR count). The minimum atomic E-state index is -4.33. The van der Waals surface area contributed by atoms with Crippen molar-refractivity contribution in [1.82, 2.24) is 4.57 Å². The monoisotopic (exact) mass is 598 g/mol. The number of esters is 1. The number of nitrogens with zero attached hydrogens (tertiary/aromatic N) is 1. The third-order valence-corrected chi connectivity index (χ3v) is 9.97. The van der Waals surface area contributed by atoms with E-state index in [-0.39, 0.29) is 35.4 Å². The summed E-state index contributed by atoms with van der Waals surface area (Å²) in [6, 6.07) is 21.1. The normalized spacial score (nSPS) is 15.8. The highest BCUT2D eigenvalue weighted by Crippen LogP contribution is 2.44. The standard InChI is InChI=1S/C28H20Cl2N2O5S2/c1-37-28(34)23-22(18-12-6-8-14-20(18)30)24(39(35,36)17-10-3-2-4-11-17)25(31)32-26(33)21(38-27(23)32)15-16-9-5-7-13-19(16)29/h2-15,22H,31H2,1H3/b21-15-/t22-/m1/s1. The van der Waals surface area contributed by atoms with E-state index in [0.717, 1.165) is 15.9 Å². The van der Waals surface area contributed by atoms with Crippen LogP contribution in [0.25, 0.3) is 17.5 Å². The number of allylic oxidation sites excluding steroid dienone is 1. The van der Waals surface area contributed by atoms with Crippen molar-refractivity contribution in [3.63, 3.8) is 0 Å². The second-order valence-electron chi connectivity index (χ2n) is 8.50. The summed E-state index contributed by atoms with van der Waals surface area (Å²) in [7, 11) is -3.16. The molecule has 4 aromatic rings. The van der Waals surface area contributed by atoms with Crippen LogP contribution >= 0.6 is 34.5 Å². The first-order valence-electron chi connectivity index (χ1n) is 11.5. The number of sulfone groups is 1. The van der Waals surface area contributed by atoms with Gasteiger partial charge in [0.15, 0.2) is 0 Å². The van der Waals surface area contributed by atoms with Crippen LogP contribution in [0.2, 0.25) is 10.0 Å². The van der Waals surface area contributed by atoms with E-state index >= 15 is 0 Å². The Morgan fingerprint density at radius 3 is 2.23 bits per heavy atom. The minimum absolute atomic E-state index is 0.0567. The molecule has 0 radical (unpaired) electrons. The summed E-state index contributed by atoms with van der Waals surface area (Å²) in [5, 5.41) is 0.628. The zero-order valence-corrected chi connectivity index (χ0v) is 23.4. The highest BCUT2D eigenvalue weighted by molar-refractivity contribution is 7.95. The van der Waals surface area contributed by atoms with E-state index in [9.17, 15) is 18.0 Å². The molecule has 2 heterocycles. The zero-order valence-electron chi connectivity index (χ0n) is 20.3. The SMILES string of the molecule is COC(=O)C1=c2s/c(=C\c3ccccc3Cl)c(=O)n2C(N)=C(S(=O)(=O)c2ccccc2)[C@@H]1c1ccccc1Cl. The van der Waals surface area contributed by atoms with E-state index in [1.807, 2.05) is 0 Å². The van der Waals surface area contributed by atoms with Crippen LogP contribution in [0.1, 0.15) is 17.0 Å². The molecule has 2 N–H and O–H groups in total. The first-order chi connectivity index (χ1) is 18.7. The molecule has 0 bridgehead atoms. The average molecular weight is 600 g/mol. The van der Waals surface area contributed by atoms with E-state index in [1.54, 1.807) is 72.8 Å². The van der Waals surface area contributed by atoms with Gasteiger partial charge in [-0.15, -0.1) is 11.3 Å². The third kappa shape index (κ3) is 4.61. The number of carbonyl (C=O) groups is 1. The summed E-state index contributed by atoms with van der Waals surface area (Å²) in [5.41, 5.74) is 6.76. The van der Waals surface area contributed by atoms with Gasteiger partial charge in [0.25, 0.3) is 5.56 Å². The summed E-state index contributed by atoms with van der Waals surface area (Å²) in [6.07, 6.45) is 1.57. The van der Waals surface area contributed by atoms with Crippen LogP contribution in [0.4, 0.5) is 0 Å². The number of thiazole rings is 1. The number of rotatable bonds is 5. The molecular formula is C28H20Cl2N2O5S2. The average Bonchev–Trinajstić information content (AvgIpc) is 3.25. The number of carbonyl (C=O) groups excluding carboxylic acids is 1. The summed E-state index contributed by atoms with van der Waals surface area (Å²) in [4.78, 5) is 26.7. The fourth-order valence-electron chi connectivity index (χ4n) is 4.47. The van der Waals surface area contributed by atoms with Crippen molar-refractivity contribution >= 4 is 67.8 Å². The quantitative estimate of drug-likeness (QED) is 0.351. The first kappa shape index (κ1) is 27.0. The Labute approximate surface area is 237 Å². The van der Waals surface area contributed by atoms with Gasteiger partial charge >= 0.3 is 5.97 Å². The predicted octanol–water partition coefficient (Wildman–Crippen LogP) is 3.73. The van der Waals surface area contributed by atoms with Gasteiger partial charge in [-0.05, 0) is 41.5 Å². The van der Waals surface area contributed by atoms with Crippen LogP contribution in [-0.2, 0) is 19.4 Å². The number of nitrogens with two attached hydrogens (primary N) is 1. The van der Waals surface area contributed by atoms with Gasteiger partial charge in [-0.25, -0.2) is 13.2 Å². The molecule has 0 saturated heterocycles. The van der Waals surface area contributed by atoms with Gasteiger partial charge in [0.1, 0.15) is 15.4 Å². The highest BCUT2D eigenvalue weighted by atomic mass is 35.5. The molecule has 198 valence electrons. The number of benzene rings is 3. The molecule has 3 aromatic carbocycles. The number of ether oxygens (including phenoxy) is 1.